The van der Waals surface area contributed by atoms with E-state index in [0.29, 0.717) is 0 Å². The third kappa shape index (κ3) is 4.01. The summed E-state index contributed by atoms with van der Waals surface area (Å²) in [4.78, 5) is 17.9. The average Bonchev–Trinajstić information content (AvgIpc) is 2.47. The summed E-state index contributed by atoms with van der Waals surface area (Å²) in [5, 5.41) is 16.7. The van der Waals surface area contributed by atoms with Crippen molar-refractivity contribution in [1.82, 2.24) is 9.97 Å². The number of carbonyl (C=O) groups is 1. The molecule has 2 aromatic carbocycles. The first-order valence-electron chi connectivity index (χ1n) is 6.27. The lowest BCUT2D eigenvalue weighted by Crippen LogP contribution is -1.87. The number of rotatable bonds is 1. The lowest BCUT2D eigenvalue weighted by atomic mass is 10.1. The highest BCUT2D eigenvalue weighted by molar-refractivity contribution is 5.76. The third-order valence-electron chi connectivity index (χ3n) is 2.61. The molecule has 0 radical (unpaired) electrons. The van der Waals surface area contributed by atoms with Gasteiger partial charge in [-0.1, -0.05) is 12.1 Å². The Morgan fingerprint density at radius 1 is 1.00 bits per heavy atom. The van der Waals surface area contributed by atoms with E-state index in [1.807, 2.05) is 36.4 Å². The van der Waals surface area contributed by atoms with Crippen LogP contribution in [-0.2, 0) is 4.79 Å². The Bertz CT molecular complexity index is 751. The lowest BCUT2D eigenvalue weighted by molar-refractivity contribution is -0.134. The smallest absolute Gasteiger partial charge is 0.300 e. The van der Waals surface area contributed by atoms with E-state index in [-0.39, 0.29) is 5.75 Å². The predicted molar refractivity (Wildman–Crippen MR) is 79.9 cm³/mol. The Morgan fingerprint density at radius 2 is 1.57 bits per heavy atom. The maximum absolute atomic E-state index is 9.24. The number of hydrogen-bond donors (Lipinski definition) is 2. The molecular formula is C16H14N2O3. The molecule has 2 N–H and O–H groups in total. The molecule has 3 rings (SSSR count). The average molecular weight is 282 g/mol. The van der Waals surface area contributed by atoms with Crippen LogP contribution in [0.5, 0.6) is 5.75 Å². The van der Waals surface area contributed by atoms with Crippen LogP contribution in [0.15, 0.2) is 54.7 Å². The SMILES string of the molecule is CC(=O)O.Oc1ccc(-c2cnc3ccccc3n2)cc1. The minimum atomic E-state index is -0.833. The van der Waals surface area contributed by atoms with Crippen molar-refractivity contribution in [2.45, 2.75) is 6.92 Å². The Kier molecular flexibility index (Phi) is 4.46. The zero-order valence-electron chi connectivity index (χ0n) is 11.4. The first-order valence-corrected chi connectivity index (χ1v) is 6.27. The highest BCUT2D eigenvalue weighted by Gasteiger charge is 2.01. The van der Waals surface area contributed by atoms with E-state index in [1.165, 1.54) is 0 Å². The minimum absolute atomic E-state index is 0.252. The van der Waals surface area contributed by atoms with Crippen LogP contribution in [0.4, 0.5) is 0 Å². The van der Waals surface area contributed by atoms with Crippen LogP contribution in [0.3, 0.4) is 0 Å². The van der Waals surface area contributed by atoms with Crippen LogP contribution in [0.2, 0.25) is 0 Å². The van der Waals surface area contributed by atoms with Crippen molar-refractivity contribution in [1.29, 1.82) is 0 Å². The van der Waals surface area contributed by atoms with Crippen LogP contribution in [-0.4, -0.2) is 26.2 Å². The summed E-state index contributed by atoms with van der Waals surface area (Å²) in [6.07, 6.45) is 1.74. The van der Waals surface area contributed by atoms with Crippen molar-refractivity contribution >= 4 is 17.0 Å². The van der Waals surface area contributed by atoms with E-state index in [9.17, 15) is 5.11 Å². The van der Waals surface area contributed by atoms with Gasteiger partial charge < -0.3 is 10.2 Å². The van der Waals surface area contributed by atoms with Crippen LogP contribution in [0, 0.1) is 0 Å². The monoisotopic (exact) mass is 282 g/mol. The highest BCUT2D eigenvalue weighted by atomic mass is 16.4. The van der Waals surface area contributed by atoms with Crippen molar-refractivity contribution in [3.63, 3.8) is 0 Å². The molecule has 0 aliphatic rings. The van der Waals surface area contributed by atoms with Gasteiger partial charge in [0.05, 0.1) is 22.9 Å². The number of aromatic hydroxyl groups is 1. The molecule has 0 aliphatic carbocycles. The molecule has 1 heterocycles. The topological polar surface area (TPSA) is 83.3 Å². The van der Waals surface area contributed by atoms with Gasteiger partial charge >= 0.3 is 0 Å². The van der Waals surface area contributed by atoms with Gasteiger partial charge in [0, 0.05) is 12.5 Å². The van der Waals surface area contributed by atoms with Gasteiger partial charge in [-0.25, -0.2) is 4.98 Å². The van der Waals surface area contributed by atoms with Crippen LogP contribution in [0.1, 0.15) is 6.92 Å². The lowest BCUT2D eigenvalue weighted by Gasteiger charge is -2.02. The number of nitrogens with zero attached hydrogens (tertiary/aromatic N) is 2. The van der Waals surface area contributed by atoms with E-state index in [4.69, 9.17) is 9.90 Å². The molecule has 5 nitrogen and oxygen atoms in total. The summed E-state index contributed by atoms with van der Waals surface area (Å²) in [7, 11) is 0. The van der Waals surface area contributed by atoms with Gasteiger partial charge in [-0.05, 0) is 36.4 Å². The molecule has 21 heavy (non-hydrogen) atoms. The summed E-state index contributed by atoms with van der Waals surface area (Å²) < 4.78 is 0. The maximum atomic E-state index is 9.24. The van der Waals surface area contributed by atoms with Crippen molar-refractivity contribution in [2.24, 2.45) is 0 Å². The molecule has 0 saturated heterocycles. The van der Waals surface area contributed by atoms with Crippen LogP contribution < -0.4 is 0 Å². The first kappa shape index (κ1) is 14.5. The fourth-order valence-corrected chi connectivity index (χ4v) is 1.73. The van der Waals surface area contributed by atoms with Gasteiger partial charge in [0.25, 0.3) is 5.97 Å². The number of carboxylic acids is 1. The molecule has 5 heteroatoms. The molecule has 0 saturated carbocycles. The Labute approximate surface area is 121 Å². The minimum Gasteiger partial charge on any atom is -0.508 e. The molecule has 0 atom stereocenters. The predicted octanol–water partition coefficient (Wildman–Crippen LogP) is 3.09. The molecule has 3 aromatic rings. The standard InChI is InChI=1S/C14H10N2O.C2H4O2/c17-11-7-5-10(6-8-11)14-9-15-12-3-1-2-4-13(12)16-14;1-2(3)4/h1-9,17H;1H3,(H,3,4). The second kappa shape index (κ2) is 6.47. The summed E-state index contributed by atoms with van der Waals surface area (Å²) >= 11 is 0. The van der Waals surface area contributed by atoms with Crippen molar-refractivity contribution in [3.05, 3.63) is 54.7 Å². The Balaban J connectivity index is 0.000000361. The van der Waals surface area contributed by atoms with E-state index in [1.54, 1.807) is 18.3 Å². The number of para-hydroxylation sites is 2. The zero-order valence-corrected chi connectivity index (χ0v) is 11.4. The molecule has 0 amide bonds. The van der Waals surface area contributed by atoms with E-state index >= 15 is 0 Å². The molecular weight excluding hydrogens is 268 g/mol. The van der Waals surface area contributed by atoms with Crippen molar-refractivity contribution < 1.29 is 15.0 Å². The highest BCUT2D eigenvalue weighted by Crippen LogP contribution is 2.21. The van der Waals surface area contributed by atoms with Gasteiger partial charge in [0.1, 0.15) is 5.75 Å². The zero-order chi connectivity index (χ0) is 15.2. The van der Waals surface area contributed by atoms with Crippen molar-refractivity contribution in [2.75, 3.05) is 0 Å². The summed E-state index contributed by atoms with van der Waals surface area (Å²) in [6, 6.07) is 14.7. The third-order valence-corrected chi connectivity index (χ3v) is 2.61. The van der Waals surface area contributed by atoms with Gasteiger partial charge in [-0.2, -0.15) is 0 Å². The Hall–Kier alpha value is -2.95. The van der Waals surface area contributed by atoms with Gasteiger partial charge in [0.2, 0.25) is 0 Å². The largest absolute Gasteiger partial charge is 0.508 e. The van der Waals surface area contributed by atoms with E-state index in [2.05, 4.69) is 9.97 Å². The number of carboxylic acid groups (broad SMARTS) is 1. The number of aromatic nitrogens is 2. The quantitative estimate of drug-likeness (QED) is 0.716. The fourth-order valence-electron chi connectivity index (χ4n) is 1.73. The number of aliphatic carboxylic acids is 1. The van der Waals surface area contributed by atoms with Gasteiger partial charge in [-0.3, -0.25) is 9.78 Å². The number of fused-ring (bicyclic) bond motifs is 1. The second-order valence-electron chi connectivity index (χ2n) is 4.31. The number of benzene rings is 2. The molecule has 0 spiro atoms. The Morgan fingerprint density at radius 3 is 2.19 bits per heavy atom. The van der Waals surface area contributed by atoms with Crippen molar-refractivity contribution in [3.8, 4) is 17.0 Å². The first-order chi connectivity index (χ1) is 10.1. The van der Waals surface area contributed by atoms with E-state index in [0.717, 1.165) is 29.2 Å². The molecule has 0 fully saturated rings. The second-order valence-corrected chi connectivity index (χ2v) is 4.31. The molecule has 106 valence electrons. The molecule has 1 aromatic heterocycles. The molecule has 0 aliphatic heterocycles. The maximum Gasteiger partial charge on any atom is 0.300 e. The normalized spacial score (nSPS) is 9.76. The number of phenolic OH excluding ortho intramolecular Hbond substituents is 1. The van der Waals surface area contributed by atoms with Gasteiger partial charge in [0.15, 0.2) is 0 Å². The summed E-state index contributed by atoms with van der Waals surface area (Å²) in [5.41, 5.74) is 3.51. The summed E-state index contributed by atoms with van der Waals surface area (Å²) in [6.45, 7) is 1.08. The fraction of sp³-hybridized carbons (Fsp3) is 0.0625. The van der Waals surface area contributed by atoms with Crippen LogP contribution >= 0.6 is 0 Å². The summed E-state index contributed by atoms with van der Waals surface area (Å²) in [5.74, 6) is -0.581. The molecule has 0 unspecified atom stereocenters. The van der Waals surface area contributed by atoms with Gasteiger partial charge in [-0.15, -0.1) is 0 Å². The number of hydrogen-bond acceptors (Lipinski definition) is 4. The van der Waals surface area contributed by atoms with E-state index < -0.39 is 5.97 Å². The number of phenols is 1. The van der Waals surface area contributed by atoms with Crippen LogP contribution in [0.25, 0.3) is 22.3 Å². The molecule has 0 bridgehead atoms.